The van der Waals surface area contributed by atoms with Crippen molar-refractivity contribution in [2.75, 3.05) is 0 Å². The summed E-state index contributed by atoms with van der Waals surface area (Å²) in [7, 11) is 1.52. The van der Waals surface area contributed by atoms with Gasteiger partial charge in [-0.2, -0.15) is 0 Å². The van der Waals surface area contributed by atoms with Crippen LogP contribution in [-0.2, 0) is 7.05 Å². The van der Waals surface area contributed by atoms with E-state index in [4.69, 9.17) is 11.6 Å². The maximum Gasteiger partial charge on any atom is 0.331 e. The van der Waals surface area contributed by atoms with Crippen LogP contribution in [0.2, 0.25) is 5.02 Å². The van der Waals surface area contributed by atoms with Crippen LogP contribution in [0.1, 0.15) is 18.5 Å². The van der Waals surface area contributed by atoms with Crippen molar-refractivity contribution in [2.24, 2.45) is 7.05 Å². The summed E-state index contributed by atoms with van der Waals surface area (Å²) in [5.41, 5.74) is 0.135. The molecule has 0 fully saturated rings. The highest BCUT2D eigenvalue weighted by Crippen LogP contribution is 2.19. The Bertz CT molecular complexity index is 1010. The van der Waals surface area contributed by atoms with Gasteiger partial charge in [-0.25, -0.2) is 9.18 Å². The second kappa shape index (κ2) is 5.66. The normalized spacial score (nSPS) is 12.5. The van der Waals surface area contributed by atoms with Gasteiger partial charge in [0.05, 0.1) is 16.9 Å². The Morgan fingerprint density at radius 1 is 1.09 bits per heavy atom. The van der Waals surface area contributed by atoms with E-state index in [0.29, 0.717) is 10.4 Å². The summed E-state index contributed by atoms with van der Waals surface area (Å²) in [5, 5.41) is 0.879. The zero-order valence-electron chi connectivity index (χ0n) is 12.6. The highest BCUT2D eigenvalue weighted by atomic mass is 35.5. The van der Waals surface area contributed by atoms with Crippen LogP contribution in [-0.4, -0.2) is 9.13 Å². The van der Waals surface area contributed by atoms with Gasteiger partial charge in [-0.3, -0.25) is 13.9 Å². The van der Waals surface area contributed by atoms with Crippen LogP contribution in [0.25, 0.3) is 10.9 Å². The summed E-state index contributed by atoms with van der Waals surface area (Å²) in [6.07, 6.45) is 0. The minimum absolute atomic E-state index is 0.277. The maximum atomic E-state index is 13.4. The summed E-state index contributed by atoms with van der Waals surface area (Å²) in [6.45, 7) is 1.77. The molecular formula is C17H14ClFN2O2. The van der Waals surface area contributed by atoms with Crippen molar-refractivity contribution in [1.29, 1.82) is 0 Å². The van der Waals surface area contributed by atoms with Gasteiger partial charge in [0.15, 0.2) is 0 Å². The van der Waals surface area contributed by atoms with E-state index >= 15 is 0 Å². The minimum Gasteiger partial charge on any atom is -0.296 e. The van der Waals surface area contributed by atoms with Gasteiger partial charge in [0.2, 0.25) is 0 Å². The van der Waals surface area contributed by atoms with E-state index in [1.165, 1.54) is 34.4 Å². The molecule has 6 heteroatoms. The van der Waals surface area contributed by atoms with Crippen LogP contribution in [0.15, 0.2) is 52.1 Å². The molecule has 118 valence electrons. The van der Waals surface area contributed by atoms with Gasteiger partial charge in [-0.05, 0) is 42.8 Å². The van der Waals surface area contributed by atoms with Gasteiger partial charge >= 0.3 is 5.69 Å². The molecule has 0 bridgehead atoms. The number of benzene rings is 2. The molecule has 4 nitrogen and oxygen atoms in total. The second-order valence-corrected chi connectivity index (χ2v) is 5.84. The van der Waals surface area contributed by atoms with Crippen molar-refractivity contribution in [1.82, 2.24) is 9.13 Å². The third-order valence-corrected chi connectivity index (χ3v) is 4.26. The van der Waals surface area contributed by atoms with Crippen LogP contribution in [0.3, 0.4) is 0 Å². The van der Waals surface area contributed by atoms with E-state index in [-0.39, 0.29) is 5.52 Å². The molecule has 0 amide bonds. The fourth-order valence-corrected chi connectivity index (χ4v) is 2.80. The Labute approximate surface area is 136 Å². The molecule has 1 unspecified atom stereocenters. The zero-order valence-corrected chi connectivity index (χ0v) is 13.3. The Hall–Kier alpha value is -2.40. The topological polar surface area (TPSA) is 44.0 Å². The number of nitrogens with zero attached hydrogens (tertiary/aromatic N) is 2. The molecule has 0 aliphatic rings. The first kappa shape index (κ1) is 15.5. The maximum absolute atomic E-state index is 13.4. The first-order valence-corrected chi connectivity index (χ1v) is 7.44. The first-order valence-electron chi connectivity index (χ1n) is 7.06. The quantitative estimate of drug-likeness (QED) is 0.724. The summed E-state index contributed by atoms with van der Waals surface area (Å²) in [4.78, 5) is 25.3. The number of hydrogen-bond donors (Lipinski definition) is 0. The van der Waals surface area contributed by atoms with Crippen molar-refractivity contribution in [3.05, 3.63) is 79.7 Å². The molecule has 0 saturated heterocycles. The fourth-order valence-electron chi connectivity index (χ4n) is 2.68. The molecule has 2 aromatic carbocycles. The van der Waals surface area contributed by atoms with Crippen LogP contribution in [0.5, 0.6) is 0 Å². The Morgan fingerprint density at radius 3 is 2.39 bits per heavy atom. The summed E-state index contributed by atoms with van der Waals surface area (Å²) >= 11 is 5.87. The predicted molar refractivity (Wildman–Crippen MR) is 88.7 cm³/mol. The molecule has 1 aromatic heterocycles. The molecule has 3 rings (SSSR count). The fraction of sp³-hybridized carbons (Fsp3) is 0.176. The molecule has 23 heavy (non-hydrogen) atoms. The van der Waals surface area contributed by atoms with Gasteiger partial charge in [-0.15, -0.1) is 0 Å². The average Bonchev–Trinajstić information content (AvgIpc) is 2.53. The Kier molecular flexibility index (Phi) is 3.82. The molecule has 0 radical (unpaired) electrons. The highest BCUT2D eigenvalue weighted by Gasteiger charge is 2.17. The molecular weight excluding hydrogens is 319 g/mol. The summed E-state index contributed by atoms with van der Waals surface area (Å²) in [6, 6.07) is 10.3. The summed E-state index contributed by atoms with van der Waals surface area (Å²) in [5.74, 6) is -0.490. The zero-order chi connectivity index (χ0) is 16.7. The van der Waals surface area contributed by atoms with Gasteiger partial charge in [-0.1, -0.05) is 23.7 Å². The number of aromatic nitrogens is 2. The van der Waals surface area contributed by atoms with E-state index in [0.717, 1.165) is 5.56 Å². The van der Waals surface area contributed by atoms with E-state index in [1.54, 1.807) is 31.2 Å². The standard InChI is InChI=1S/C17H14ClFN2O2/c1-10(11-3-5-12(18)6-4-11)21-16(22)14-8-7-13(19)9-15(14)20(2)17(21)23/h3-10H,1-2H3. The number of rotatable bonds is 2. The number of fused-ring (bicyclic) bond motifs is 1. The molecule has 0 N–H and O–H groups in total. The largest absolute Gasteiger partial charge is 0.331 e. The van der Waals surface area contributed by atoms with Crippen molar-refractivity contribution >= 4 is 22.5 Å². The second-order valence-electron chi connectivity index (χ2n) is 5.41. The van der Waals surface area contributed by atoms with Crippen molar-refractivity contribution in [2.45, 2.75) is 13.0 Å². The third kappa shape index (κ3) is 2.57. The third-order valence-electron chi connectivity index (χ3n) is 4.00. The van der Waals surface area contributed by atoms with Gasteiger partial charge in [0.1, 0.15) is 5.82 Å². The molecule has 1 atom stereocenters. The first-order chi connectivity index (χ1) is 10.9. The number of hydrogen-bond acceptors (Lipinski definition) is 2. The SMILES string of the molecule is CC(c1ccc(Cl)cc1)n1c(=O)c2ccc(F)cc2n(C)c1=O. The average molecular weight is 333 g/mol. The van der Waals surface area contributed by atoms with E-state index in [1.807, 2.05) is 0 Å². The molecule has 3 aromatic rings. The Balaban J connectivity index is 2.30. The van der Waals surface area contributed by atoms with Crippen LogP contribution in [0.4, 0.5) is 4.39 Å². The van der Waals surface area contributed by atoms with Crippen molar-refractivity contribution in [3.8, 4) is 0 Å². The molecule has 1 heterocycles. The van der Waals surface area contributed by atoms with Crippen LogP contribution in [0, 0.1) is 5.82 Å². The lowest BCUT2D eigenvalue weighted by atomic mass is 10.1. The molecule has 0 saturated carbocycles. The van der Waals surface area contributed by atoms with Gasteiger partial charge in [0, 0.05) is 12.1 Å². The molecule has 0 spiro atoms. The number of halogens is 2. The van der Waals surface area contributed by atoms with Gasteiger partial charge < -0.3 is 0 Å². The number of aryl methyl sites for hydroxylation is 1. The Morgan fingerprint density at radius 2 is 1.74 bits per heavy atom. The van der Waals surface area contributed by atoms with Crippen molar-refractivity contribution < 1.29 is 4.39 Å². The van der Waals surface area contributed by atoms with Crippen LogP contribution >= 0.6 is 11.6 Å². The lowest BCUT2D eigenvalue weighted by Gasteiger charge is -2.17. The van der Waals surface area contributed by atoms with Crippen molar-refractivity contribution in [3.63, 3.8) is 0 Å². The minimum atomic E-state index is -0.490. The molecule has 0 aliphatic heterocycles. The monoisotopic (exact) mass is 332 g/mol. The smallest absolute Gasteiger partial charge is 0.296 e. The lowest BCUT2D eigenvalue weighted by Crippen LogP contribution is -2.41. The van der Waals surface area contributed by atoms with E-state index in [2.05, 4.69) is 0 Å². The highest BCUT2D eigenvalue weighted by molar-refractivity contribution is 6.30. The van der Waals surface area contributed by atoms with Crippen LogP contribution < -0.4 is 11.2 Å². The predicted octanol–water partition coefficient (Wildman–Crippen LogP) is 3.10. The van der Waals surface area contributed by atoms with Gasteiger partial charge in [0.25, 0.3) is 5.56 Å². The summed E-state index contributed by atoms with van der Waals surface area (Å²) < 4.78 is 15.9. The van der Waals surface area contributed by atoms with E-state index < -0.39 is 23.1 Å². The molecule has 0 aliphatic carbocycles. The lowest BCUT2D eigenvalue weighted by molar-refractivity contribution is 0.560. The van der Waals surface area contributed by atoms with E-state index in [9.17, 15) is 14.0 Å².